The highest BCUT2D eigenvalue weighted by molar-refractivity contribution is 6.08. The third-order valence-electron chi connectivity index (χ3n) is 13.5. The smallest absolute Gasteiger partial charge is 0.135 e. The second-order valence-corrected chi connectivity index (χ2v) is 16.7. The van der Waals surface area contributed by atoms with Gasteiger partial charge in [-0.15, -0.1) is 0 Å². The number of rotatable bonds is 4. The van der Waals surface area contributed by atoms with Crippen molar-refractivity contribution in [3.8, 4) is 55.6 Å². The zero-order chi connectivity index (χ0) is 41.5. The Kier molecular flexibility index (Phi) is 7.85. The lowest BCUT2D eigenvalue weighted by Gasteiger charge is -2.36. The molecule has 2 aliphatic rings. The van der Waals surface area contributed by atoms with Crippen LogP contribution >= 0.6 is 0 Å². The van der Waals surface area contributed by atoms with E-state index in [-0.39, 0.29) is 0 Å². The molecule has 2 aliphatic carbocycles. The molecule has 2 nitrogen and oxygen atoms in total. The van der Waals surface area contributed by atoms with Gasteiger partial charge in [0, 0.05) is 27.7 Å². The van der Waals surface area contributed by atoms with Crippen molar-refractivity contribution in [2.45, 2.75) is 5.41 Å². The van der Waals surface area contributed by atoms with Crippen LogP contribution in [0.15, 0.2) is 241 Å². The quantitative estimate of drug-likeness (QED) is 0.176. The first-order chi connectivity index (χ1) is 31.3. The molecule has 1 spiro atoms. The Bertz CT molecular complexity index is 3530. The standard InChI is InChI=1S/C61H39NO/c1-2-17-40(18-3-1)41-33-35-42(36-34-41)62(43-37-38-59-52(39-43)49-24-10-15-32-58(49)63-59)57-31-16-26-51-48-23-9-14-30-56(48)61(54-28-12-7-21-46(54)47-22-8-13-29-55(47)61)53-27-11-6-20-45(53)44-19-4-5-25-50(44)60(51)57/h1-39H. The molecule has 0 unspecified atom stereocenters. The molecule has 0 saturated carbocycles. The summed E-state index contributed by atoms with van der Waals surface area (Å²) in [5, 5.41) is 2.19. The van der Waals surface area contributed by atoms with Crippen molar-refractivity contribution in [1.82, 2.24) is 0 Å². The van der Waals surface area contributed by atoms with E-state index < -0.39 is 5.41 Å². The zero-order valence-electron chi connectivity index (χ0n) is 34.4. The molecule has 0 fully saturated rings. The molecule has 0 atom stereocenters. The normalized spacial score (nSPS) is 12.9. The minimum atomic E-state index is -0.592. The molecule has 0 N–H and O–H groups in total. The van der Waals surface area contributed by atoms with Crippen molar-refractivity contribution in [1.29, 1.82) is 0 Å². The van der Waals surface area contributed by atoms with Crippen LogP contribution in [0.5, 0.6) is 0 Å². The molecule has 13 rings (SSSR count). The number of hydrogen-bond acceptors (Lipinski definition) is 2. The molecule has 0 aliphatic heterocycles. The molecule has 1 aromatic heterocycles. The molecule has 10 aromatic carbocycles. The van der Waals surface area contributed by atoms with Crippen LogP contribution in [0.4, 0.5) is 17.1 Å². The van der Waals surface area contributed by atoms with Crippen molar-refractivity contribution in [2.75, 3.05) is 4.90 Å². The first kappa shape index (κ1) is 35.5. The summed E-state index contributed by atoms with van der Waals surface area (Å²) in [6.07, 6.45) is 0. The lowest BCUT2D eigenvalue weighted by atomic mass is 9.64. The topological polar surface area (TPSA) is 16.4 Å². The van der Waals surface area contributed by atoms with Gasteiger partial charge in [0.25, 0.3) is 0 Å². The summed E-state index contributed by atoms with van der Waals surface area (Å²) in [5.41, 5.74) is 21.7. The van der Waals surface area contributed by atoms with Gasteiger partial charge in [-0.2, -0.15) is 0 Å². The number of hydrogen-bond donors (Lipinski definition) is 0. The van der Waals surface area contributed by atoms with Crippen molar-refractivity contribution in [3.63, 3.8) is 0 Å². The summed E-state index contributed by atoms with van der Waals surface area (Å²) in [6, 6.07) is 87.1. The molecular weight excluding hydrogens is 763 g/mol. The predicted octanol–water partition coefficient (Wildman–Crippen LogP) is 16.4. The summed E-state index contributed by atoms with van der Waals surface area (Å²) in [4.78, 5) is 2.45. The second-order valence-electron chi connectivity index (χ2n) is 16.7. The Morgan fingerprint density at radius 3 is 1.41 bits per heavy atom. The van der Waals surface area contributed by atoms with Crippen LogP contribution in [0, 0.1) is 0 Å². The Morgan fingerprint density at radius 2 is 0.762 bits per heavy atom. The Hall–Kier alpha value is -8.20. The number of fused-ring (bicyclic) bond motifs is 17. The van der Waals surface area contributed by atoms with E-state index in [0.29, 0.717) is 0 Å². The first-order valence-corrected chi connectivity index (χ1v) is 21.8. The molecule has 0 amide bonds. The Labute approximate surface area is 366 Å². The molecule has 0 saturated heterocycles. The van der Waals surface area contributed by atoms with Crippen molar-refractivity contribution in [2.24, 2.45) is 0 Å². The molecule has 1 heterocycles. The van der Waals surface area contributed by atoms with Gasteiger partial charge >= 0.3 is 0 Å². The van der Waals surface area contributed by atoms with Crippen molar-refractivity contribution < 1.29 is 4.42 Å². The largest absolute Gasteiger partial charge is 0.456 e. The molecule has 294 valence electrons. The molecule has 63 heavy (non-hydrogen) atoms. The lowest BCUT2D eigenvalue weighted by molar-refractivity contribution is 0.669. The zero-order valence-corrected chi connectivity index (χ0v) is 34.4. The van der Waals surface area contributed by atoms with E-state index in [4.69, 9.17) is 4.42 Å². The molecule has 0 bridgehead atoms. The maximum absolute atomic E-state index is 6.39. The van der Waals surface area contributed by atoms with Gasteiger partial charge in [-0.3, -0.25) is 0 Å². The van der Waals surface area contributed by atoms with Crippen LogP contribution in [0.2, 0.25) is 0 Å². The maximum Gasteiger partial charge on any atom is 0.135 e. The highest BCUT2D eigenvalue weighted by Gasteiger charge is 2.49. The number of para-hydroxylation sites is 1. The van der Waals surface area contributed by atoms with Crippen LogP contribution in [0.25, 0.3) is 77.6 Å². The highest BCUT2D eigenvalue weighted by Crippen LogP contribution is 2.61. The van der Waals surface area contributed by atoms with E-state index in [0.717, 1.165) is 39.0 Å². The van der Waals surface area contributed by atoms with E-state index in [9.17, 15) is 0 Å². The summed E-state index contributed by atoms with van der Waals surface area (Å²) < 4.78 is 6.39. The van der Waals surface area contributed by atoms with Gasteiger partial charge in [-0.05, 0) is 115 Å². The number of furan rings is 1. The SMILES string of the molecule is c1ccc(-c2ccc(N(c3ccc4oc5ccccc5c4c3)c3cccc4c3-c3ccccc3-c3ccccc3C3(c5ccccc5-c5ccccc53)c3ccccc3-4)cc2)cc1. The van der Waals surface area contributed by atoms with E-state index in [1.165, 1.54) is 77.9 Å². The average molecular weight is 802 g/mol. The van der Waals surface area contributed by atoms with Crippen LogP contribution in [0.3, 0.4) is 0 Å². The van der Waals surface area contributed by atoms with Gasteiger partial charge in [0.05, 0.1) is 11.1 Å². The fourth-order valence-electron chi connectivity index (χ4n) is 10.9. The van der Waals surface area contributed by atoms with Crippen molar-refractivity contribution in [3.05, 3.63) is 259 Å². The number of nitrogens with zero attached hydrogens (tertiary/aromatic N) is 1. The van der Waals surface area contributed by atoms with Gasteiger partial charge < -0.3 is 9.32 Å². The molecular formula is C61H39NO. The first-order valence-electron chi connectivity index (χ1n) is 21.8. The fraction of sp³-hybridized carbons (Fsp3) is 0.0164. The summed E-state index contributed by atoms with van der Waals surface area (Å²) in [5.74, 6) is 0. The van der Waals surface area contributed by atoms with Crippen LogP contribution in [-0.2, 0) is 5.41 Å². The highest BCUT2D eigenvalue weighted by atomic mass is 16.3. The summed E-state index contributed by atoms with van der Waals surface area (Å²) >= 11 is 0. The van der Waals surface area contributed by atoms with Crippen LogP contribution in [-0.4, -0.2) is 0 Å². The Morgan fingerprint density at radius 1 is 0.302 bits per heavy atom. The number of anilines is 3. The monoisotopic (exact) mass is 801 g/mol. The van der Waals surface area contributed by atoms with Crippen molar-refractivity contribution >= 4 is 39.0 Å². The minimum absolute atomic E-state index is 0.592. The predicted molar refractivity (Wildman–Crippen MR) is 261 cm³/mol. The molecule has 11 aromatic rings. The van der Waals surface area contributed by atoms with E-state index in [2.05, 4.69) is 235 Å². The Balaban J connectivity index is 1.15. The van der Waals surface area contributed by atoms with Crippen LogP contribution < -0.4 is 4.90 Å². The van der Waals surface area contributed by atoms with Gasteiger partial charge in [0.1, 0.15) is 11.2 Å². The fourth-order valence-corrected chi connectivity index (χ4v) is 10.9. The van der Waals surface area contributed by atoms with Gasteiger partial charge in [0.15, 0.2) is 0 Å². The van der Waals surface area contributed by atoms with E-state index in [1.54, 1.807) is 0 Å². The van der Waals surface area contributed by atoms with Crippen LogP contribution in [0.1, 0.15) is 22.3 Å². The summed E-state index contributed by atoms with van der Waals surface area (Å²) in [7, 11) is 0. The van der Waals surface area contributed by atoms with E-state index in [1.807, 2.05) is 6.07 Å². The van der Waals surface area contributed by atoms with E-state index >= 15 is 0 Å². The molecule has 0 radical (unpaired) electrons. The third kappa shape index (κ3) is 5.19. The third-order valence-corrected chi connectivity index (χ3v) is 13.5. The lowest BCUT2D eigenvalue weighted by Crippen LogP contribution is -2.30. The summed E-state index contributed by atoms with van der Waals surface area (Å²) in [6.45, 7) is 0. The minimum Gasteiger partial charge on any atom is -0.456 e. The second kappa shape index (κ2) is 13.9. The average Bonchev–Trinajstić information content (AvgIpc) is 3.89. The number of benzene rings is 10. The van der Waals surface area contributed by atoms with Gasteiger partial charge in [-0.1, -0.05) is 194 Å². The molecule has 2 heteroatoms. The maximum atomic E-state index is 6.39. The van der Waals surface area contributed by atoms with Gasteiger partial charge in [-0.25, -0.2) is 0 Å². The van der Waals surface area contributed by atoms with Gasteiger partial charge in [0.2, 0.25) is 0 Å².